The molecule has 7 nitrogen and oxygen atoms in total. The van der Waals surface area contributed by atoms with E-state index in [4.69, 9.17) is 4.98 Å². The second-order valence-electron chi connectivity index (χ2n) is 6.46. The van der Waals surface area contributed by atoms with Gasteiger partial charge in [-0.2, -0.15) is 0 Å². The van der Waals surface area contributed by atoms with Crippen molar-refractivity contribution in [2.24, 2.45) is 5.92 Å². The van der Waals surface area contributed by atoms with Gasteiger partial charge in [-0.3, -0.25) is 9.59 Å². The summed E-state index contributed by atoms with van der Waals surface area (Å²) >= 11 is 0. The molecule has 0 bridgehead atoms. The van der Waals surface area contributed by atoms with Crippen molar-refractivity contribution in [1.82, 2.24) is 20.2 Å². The van der Waals surface area contributed by atoms with Crippen molar-refractivity contribution in [3.63, 3.8) is 0 Å². The minimum absolute atomic E-state index is 0. The van der Waals surface area contributed by atoms with Crippen molar-refractivity contribution in [1.29, 1.82) is 0 Å². The maximum atomic E-state index is 12.3. The lowest BCUT2D eigenvalue weighted by atomic mass is 9.92. The van der Waals surface area contributed by atoms with Crippen LogP contribution in [-0.4, -0.2) is 59.9 Å². The van der Waals surface area contributed by atoms with Gasteiger partial charge in [-0.25, -0.2) is 9.97 Å². The summed E-state index contributed by atoms with van der Waals surface area (Å²) in [4.78, 5) is 37.4. The van der Waals surface area contributed by atoms with E-state index in [-0.39, 0.29) is 36.1 Å². The summed E-state index contributed by atoms with van der Waals surface area (Å²) in [5, 5.41) is 2.72. The van der Waals surface area contributed by atoms with Gasteiger partial charge in [0.05, 0.1) is 11.6 Å². The normalized spacial score (nSPS) is 22.6. The van der Waals surface area contributed by atoms with E-state index < -0.39 is 0 Å². The van der Waals surface area contributed by atoms with Gasteiger partial charge in [-0.1, -0.05) is 6.92 Å². The molecule has 138 valence electrons. The fourth-order valence-corrected chi connectivity index (χ4v) is 3.62. The van der Waals surface area contributed by atoms with E-state index >= 15 is 0 Å². The molecule has 3 rings (SSSR count). The van der Waals surface area contributed by atoms with Gasteiger partial charge in [-0.05, 0) is 18.9 Å². The van der Waals surface area contributed by atoms with Crippen molar-refractivity contribution in [2.45, 2.75) is 32.1 Å². The van der Waals surface area contributed by atoms with Crippen LogP contribution < -0.4 is 10.2 Å². The van der Waals surface area contributed by atoms with Gasteiger partial charge in [0.15, 0.2) is 0 Å². The molecule has 0 spiro atoms. The number of halogens is 1. The number of nitrogens with zero attached hydrogens (tertiary/aromatic N) is 4. The Balaban J connectivity index is 0.00000225. The minimum Gasteiger partial charge on any atom is -0.359 e. The molecule has 1 N–H and O–H groups in total. The Labute approximate surface area is 154 Å². The Kier molecular flexibility index (Phi) is 6.58. The third-order valence-electron chi connectivity index (χ3n) is 4.99. The first kappa shape index (κ1) is 19.4. The monoisotopic (exact) mass is 367 g/mol. The SMILES string of the molecule is CCC(=O)N1C[C@@H](C(=O)NC)[C@H](c2ccnc(N3CCCC3)n2)C1.Cl. The molecule has 2 atom stereocenters. The highest BCUT2D eigenvalue weighted by Crippen LogP contribution is 2.33. The van der Waals surface area contributed by atoms with Gasteiger partial charge in [0.25, 0.3) is 0 Å². The summed E-state index contributed by atoms with van der Waals surface area (Å²) in [6.45, 7) is 4.81. The minimum atomic E-state index is -0.258. The van der Waals surface area contributed by atoms with Gasteiger partial charge >= 0.3 is 0 Å². The predicted molar refractivity (Wildman–Crippen MR) is 97.9 cm³/mol. The van der Waals surface area contributed by atoms with Crippen LogP contribution in [-0.2, 0) is 9.59 Å². The second-order valence-corrected chi connectivity index (χ2v) is 6.46. The summed E-state index contributed by atoms with van der Waals surface area (Å²) in [5.41, 5.74) is 0.854. The molecule has 1 aromatic rings. The third-order valence-corrected chi connectivity index (χ3v) is 4.99. The third kappa shape index (κ3) is 4.03. The predicted octanol–water partition coefficient (Wildman–Crippen LogP) is 1.20. The number of rotatable bonds is 4. The van der Waals surface area contributed by atoms with Gasteiger partial charge in [-0.15, -0.1) is 12.4 Å². The van der Waals surface area contributed by atoms with Crippen LogP contribution in [0.4, 0.5) is 5.95 Å². The van der Waals surface area contributed by atoms with Crippen LogP contribution in [0.3, 0.4) is 0 Å². The van der Waals surface area contributed by atoms with Crippen LogP contribution in [0.1, 0.15) is 37.8 Å². The van der Waals surface area contributed by atoms with Crippen LogP contribution in [0.2, 0.25) is 0 Å². The molecule has 2 amide bonds. The van der Waals surface area contributed by atoms with Gasteiger partial charge in [0.2, 0.25) is 17.8 Å². The lowest BCUT2D eigenvalue weighted by Gasteiger charge is -2.19. The van der Waals surface area contributed by atoms with Crippen LogP contribution in [0.5, 0.6) is 0 Å². The number of aromatic nitrogens is 2. The van der Waals surface area contributed by atoms with Gasteiger partial charge < -0.3 is 15.1 Å². The largest absolute Gasteiger partial charge is 0.359 e. The van der Waals surface area contributed by atoms with E-state index in [0.29, 0.717) is 19.5 Å². The molecule has 2 aliphatic rings. The Morgan fingerprint density at radius 1 is 1.28 bits per heavy atom. The van der Waals surface area contributed by atoms with Crippen LogP contribution in [0.15, 0.2) is 12.3 Å². The molecule has 0 aliphatic carbocycles. The molecule has 2 saturated heterocycles. The molecular formula is C17H26ClN5O2. The molecule has 3 heterocycles. The van der Waals surface area contributed by atoms with Crippen molar-refractivity contribution in [3.05, 3.63) is 18.0 Å². The maximum absolute atomic E-state index is 12.3. The molecule has 0 saturated carbocycles. The van der Waals surface area contributed by atoms with E-state index in [1.807, 2.05) is 13.0 Å². The van der Waals surface area contributed by atoms with Crippen molar-refractivity contribution >= 4 is 30.2 Å². The molecule has 0 aromatic carbocycles. The van der Waals surface area contributed by atoms with Crippen LogP contribution >= 0.6 is 12.4 Å². The fourth-order valence-electron chi connectivity index (χ4n) is 3.62. The van der Waals surface area contributed by atoms with E-state index in [2.05, 4.69) is 15.2 Å². The molecule has 0 unspecified atom stereocenters. The van der Waals surface area contributed by atoms with Gasteiger partial charge in [0, 0.05) is 51.8 Å². The van der Waals surface area contributed by atoms with E-state index in [0.717, 1.165) is 37.6 Å². The number of nitrogens with one attached hydrogen (secondary N) is 1. The Bertz CT molecular complexity index is 621. The Morgan fingerprint density at radius 3 is 2.64 bits per heavy atom. The number of likely N-dealkylation sites (tertiary alicyclic amines) is 1. The van der Waals surface area contributed by atoms with E-state index in [1.54, 1.807) is 18.1 Å². The Hall–Kier alpha value is -1.89. The quantitative estimate of drug-likeness (QED) is 0.865. The summed E-state index contributed by atoms with van der Waals surface area (Å²) in [5.74, 6) is 0.450. The zero-order valence-corrected chi connectivity index (χ0v) is 15.6. The van der Waals surface area contributed by atoms with Crippen LogP contribution in [0, 0.1) is 5.92 Å². The van der Waals surface area contributed by atoms with E-state index in [9.17, 15) is 9.59 Å². The molecule has 8 heteroatoms. The fraction of sp³-hybridized carbons (Fsp3) is 0.647. The van der Waals surface area contributed by atoms with Crippen molar-refractivity contribution < 1.29 is 9.59 Å². The molecule has 1 aromatic heterocycles. The number of carbonyl (C=O) groups excluding carboxylic acids is 2. The van der Waals surface area contributed by atoms with Crippen LogP contribution in [0.25, 0.3) is 0 Å². The molecular weight excluding hydrogens is 342 g/mol. The summed E-state index contributed by atoms with van der Waals surface area (Å²) in [6.07, 6.45) is 4.55. The summed E-state index contributed by atoms with van der Waals surface area (Å²) < 4.78 is 0. The number of carbonyl (C=O) groups is 2. The first-order chi connectivity index (χ1) is 11.6. The number of amides is 2. The number of hydrogen-bond acceptors (Lipinski definition) is 5. The zero-order chi connectivity index (χ0) is 17.1. The number of hydrogen-bond donors (Lipinski definition) is 1. The summed E-state index contributed by atoms with van der Waals surface area (Å²) in [6, 6.07) is 1.88. The lowest BCUT2D eigenvalue weighted by Crippen LogP contribution is -2.33. The molecule has 25 heavy (non-hydrogen) atoms. The standard InChI is InChI=1S/C17H25N5O2.ClH/c1-3-15(23)22-10-12(13(11-22)16(24)18-2)14-6-7-19-17(20-14)21-8-4-5-9-21;/h6-7,12-13H,3-5,8-11H2,1-2H3,(H,18,24);1H/t12-,13-;/m1./s1. The topological polar surface area (TPSA) is 78.4 Å². The summed E-state index contributed by atoms with van der Waals surface area (Å²) in [7, 11) is 1.64. The van der Waals surface area contributed by atoms with Crippen molar-refractivity contribution in [3.8, 4) is 0 Å². The molecule has 2 fully saturated rings. The molecule has 0 radical (unpaired) electrons. The smallest absolute Gasteiger partial charge is 0.225 e. The maximum Gasteiger partial charge on any atom is 0.225 e. The number of anilines is 1. The highest BCUT2D eigenvalue weighted by Gasteiger charge is 2.40. The first-order valence-corrected chi connectivity index (χ1v) is 8.71. The first-order valence-electron chi connectivity index (χ1n) is 8.71. The zero-order valence-electron chi connectivity index (χ0n) is 14.8. The lowest BCUT2D eigenvalue weighted by molar-refractivity contribution is -0.130. The van der Waals surface area contributed by atoms with Crippen molar-refractivity contribution in [2.75, 3.05) is 38.1 Å². The average Bonchev–Trinajstić information content (AvgIpc) is 3.30. The Morgan fingerprint density at radius 2 is 2.00 bits per heavy atom. The highest BCUT2D eigenvalue weighted by molar-refractivity contribution is 5.85. The molecule has 2 aliphatic heterocycles. The van der Waals surface area contributed by atoms with E-state index in [1.165, 1.54) is 0 Å². The van der Waals surface area contributed by atoms with Gasteiger partial charge in [0.1, 0.15) is 0 Å². The second kappa shape index (κ2) is 8.47. The highest BCUT2D eigenvalue weighted by atomic mass is 35.5. The average molecular weight is 368 g/mol.